The van der Waals surface area contributed by atoms with E-state index in [9.17, 15) is 9.90 Å². The van der Waals surface area contributed by atoms with Crippen LogP contribution in [-0.2, 0) is 9.53 Å². The number of aliphatic carboxylic acids is 1. The fraction of sp³-hybridized carbons (Fsp3) is 0.923. The summed E-state index contributed by atoms with van der Waals surface area (Å²) in [6.07, 6.45) is 1.54. The number of carboxylic acid groups (broad SMARTS) is 1. The standard InChI is InChI=1S/C13H24N2O3/c1-13(12(16)17)2-4-14(5-3-13)6-7-15-8-10-18-11-9-15/h2-11H2,1H3,(H,16,17). The van der Waals surface area contributed by atoms with E-state index in [1.165, 1.54) is 0 Å². The van der Waals surface area contributed by atoms with E-state index in [1.54, 1.807) is 0 Å². The fourth-order valence-corrected chi connectivity index (χ4v) is 2.59. The molecule has 0 aromatic heterocycles. The zero-order valence-electron chi connectivity index (χ0n) is 11.2. The molecule has 0 aromatic carbocycles. The molecule has 0 radical (unpaired) electrons. The molecule has 104 valence electrons. The molecule has 0 amide bonds. The van der Waals surface area contributed by atoms with Crippen LogP contribution in [0.5, 0.6) is 0 Å². The van der Waals surface area contributed by atoms with Crippen molar-refractivity contribution in [1.82, 2.24) is 9.80 Å². The molecule has 2 rings (SSSR count). The Hall–Kier alpha value is -0.650. The maximum Gasteiger partial charge on any atom is 0.309 e. The predicted octanol–water partition coefficient (Wildman–Crippen LogP) is 0.505. The molecular weight excluding hydrogens is 232 g/mol. The smallest absolute Gasteiger partial charge is 0.309 e. The number of ether oxygens (including phenoxy) is 1. The number of carbonyl (C=O) groups is 1. The van der Waals surface area contributed by atoms with E-state index < -0.39 is 11.4 Å². The Morgan fingerprint density at radius 3 is 2.11 bits per heavy atom. The molecule has 0 aromatic rings. The van der Waals surface area contributed by atoms with Gasteiger partial charge in [0.2, 0.25) is 0 Å². The molecule has 2 fully saturated rings. The first kappa shape index (κ1) is 13.8. The largest absolute Gasteiger partial charge is 0.481 e. The molecule has 18 heavy (non-hydrogen) atoms. The Balaban J connectivity index is 1.68. The summed E-state index contributed by atoms with van der Waals surface area (Å²) in [5, 5.41) is 9.18. The van der Waals surface area contributed by atoms with Gasteiger partial charge in [-0.05, 0) is 32.9 Å². The molecule has 5 heteroatoms. The minimum absolute atomic E-state index is 0.504. The van der Waals surface area contributed by atoms with Gasteiger partial charge >= 0.3 is 5.97 Å². The quantitative estimate of drug-likeness (QED) is 0.794. The number of carboxylic acids is 1. The van der Waals surface area contributed by atoms with Gasteiger partial charge < -0.3 is 14.7 Å². The molecule has 2 heterocycles. The van der Waals surface area contributed by atoms with Crippen molar-refractivity contribution >= 4 is 5.97 Å². The zero-order chi connectivity index (χ0) is 13.0. The summed E-state index contributed by atoms with van der Waals surface area (Å²) in [4.78, 5) is 16.0. The second kappa shape index (κ2) is 5.99. The average molecular weight is 256 g/mol. The average Bonchev–Trinajstić information content (AvgIpc) is 2.39. The van der Waals surface area contributed by atoms with Crippen molar-refractivity contribution in [1.29, 1.82) is 0 Å². The Morgan fingerprint density at radius 1 is 1.11 bits per heavy atom. The summed E-state index contributed by atoms with van der Waals surface area (Å²) in [6, 6.07) is 0. The molecule has 2 saturated heterocycles. The SMILES string of the molecule is CC1(C(=O)O)CCN(CCN2CCOCC2)CC1. The maximum atomic E-state index is 11.1. The molecule has 0 unspecified atom stereocenters. The van der Waals surface area contributed by atoms with E-state index in [1.807, 2.05) is 6.92 Å². The molecule has 0 aliphatic carbocycles. The summed E-state index contributed by atoms with van der Waals surface area (Å²) in [5.74, 6) is -0.643. The third kappa shape index (κ3) is 3.43. The van der Waals surface area contributed by atoms with Gasteiger partial charge in [-0.3, -0.25) is 9.69 Å². The normalized spacial score (nSPS) is 26.1. The molecule has 0 spiro atoms. The minimum Gasteiger partial charge on any atom is -0.481 e. The van der Waals surface area contributed by atoms with Gasteiger partial charge in [0.15, 0.2) is 0 Å². The lowest BCUT2D eigenvalue weighted by atomic mass is 9.80. The van der Waals surface area contributed by atoms with Crippen molar-refractivity contribution < 1.29 is 14.6 Å². The lowest BCUT2D eigenvalue weighted by Crippen LogP contribution is -2.46. The number of nitrogens with zero attached hydrogens (tertiary/aromatic N) is 2. The monoisotopic (exact) mass is 256 g/mol. The van der Waals surface area contributed by atoms with E-state index in [2.05, 4.69) is 9.80 Å². The van der Waals surface area contributed by atoms with E-state index in [-0.39, 0.29) is 0 Å². The Morgan fingerprint density at radius 2 is 1.61 bits per heavy atom. The van der Waals surface area contributed by atoms with Crippen LogP contribution in [0.2, 0.25) is 0 Å². The van der Waals surface area contributed by atoms with Crippen molar-refractivity contribution in [2.24, 2.45) is 5.41 Å². The van der Waals surface area contributed by atoms with Gasteiger partial charge in [-0.15, -0.1) is 0 Å². The van der Waals surface area contributed by atoms with Gasteiger partial charge in [-0.2, -0.15) is 0 Å². The Bertz CT molecular complexity index is 282. The van der Waals surface area contributed by atoms with Crippen LogP contribution in [0.4, 0.5) is 0 Å². The highest BCUT2D eigenvalue weighted by Gasteiger charge is 2.36. The summed E-state index contributed by atoms with van der Waals surface area (Å²) in [7, 11) is 0. The fourth-order valence-electron chi connectivity index (χ4n) is 2.59. The summed E-state index contributed by atoms with van der Waals surface area (Å²) in [5.41, 5.74) is -0.504. The Kier molecular flexibility index (Phi) is 4.59. The van der Waals surface area contributed by atoms with Crippen LogP contribution in [0.3, 0.4) is 0 Å². The second-order valence-electron chi connectivity index (χ2n) is 5.66. The number of piperidine rings is 1. The van der Waals surface area contributed by atoms with Crippen LogP contribution in [0.15, 0.2) is 0 Å². The van der Waals surface area contributed by atoms with Crippen LogP contribution in [0, 0.1) is 5.41 Å². The van der Waals surface area contributed by atoms with E-state index in [0.29, 0.717) is 0 Å². The Labute approximate surface area is 109 Å². The van der Waals surface area contributed by atoms with E-state index in [0.717, 1.165) is 65.3 Å². The lowest BCUT2D eigenvalue weighted by molar-refractivity contribution is -0.150. The van der Waals surface area contributed by atoms with Crippen molar-refractivity contribution in [2.75, 3.05) is 52.5 Å². The first-order valence-corrected chi connectivity index (χ1v) is 6.86. The molecular formula is C13H24N2O3. The van der Waals surface area contributed by atoms with Gasteiger partial charge in [0.05, 0.1) is 18.6 Å². The van der Waals surface area contributed by atoms with Gasteiger partial charge in [-0.25, -0.2) is 0 Å². The molecule has 0 saturated carbocycles. The van der Waals surface area contributed by atoms with Crippen LogP contribution in [0.25, 0.3) is 0 Å². The third-order valence-corrected chi connectivity index (χ3v) is 4.31. The van der Waals surface area contributed by atoms with Crippen molar-refractivity contribution in [3.63, 3.8) is 0 Å². The van der Waals surface area contributed by atoms with Gasteiger partial charge in [0, 0.05) is 26.2 Å². The molecule has 2 aliphatic heterocycles. The number of rotatable bonds is 4. The van der Waals surface area contributed by atoms with Crippen LogP contribution in [-0.4, -0.2) is 73.4 Å². The maximum absolute atomic E-state index is 11.1. The van der Waals surface area contributed by atoms with E-state index >= 15 is 0 Å². The number of morpholine rings is 1. The van der Waals surface area contributed by atoms with E-state index in [4.69, 9.17) is 4.74 Å². The van der Waals surface area contributed by atoms with Gasteiger partial charge in [0.25, 0.3) is 0 Å². The van der Waals surface area contributed by atoms with Crippen LogP contribution < -0.4 is 0 Å². The number of likely N-dealkylation sites (tertiary alicyclic amines) is 1. The molecule has 0 atom stereocenters. The van der Waals surface area contributed by atoms with Gasteiger partial charge in [-0.1, -0.05) is 0 Å². The lowest BCUT2D eigenvalue weighted by Gasteiger charge is -2.37. The van der Waals surface area contributed by atoms with Crippen molar-refractivity contribution in [2.45, 2.75) is 19.8 Å². The number of hydrogen-bond acceptors (Lipinski definition) is 4. The topological polar surface area (TPSA) is 53.0 Å². The highest BCUT2D eigenvalue weighted by Crippen LogP contribution is 2.30. The van der Waals surface area contributed by atoms with Crippen molar-refractivity contribution in [3.8, 4) is 0 Å². The highest BCUT2D eigenvalue weighted by molar-refractivity contribution is 5.74. The minimum atomic E-state index is -0.643. The zero-order valence-corrected chi connectivity index (χ0v) is 11.2. The summed E-state index contributed by atoms with van der Waals surface area (Å²) in [6.45, 7) is 9.56. The van der Waals surface area contributed by atoms with Crippen LogP contribution >= 0.6 is 0 Å². The van der Waals surface area contributed by atoms with Crippen LogP contribution in [0.1, 0.15) is 19.8 Å². The number of hydrogen-bond donors (Lipinski definition) is 1. The molecule has 1 N–H and O–H groups in total. The molecule has 2 aliphatic rings. The van der Waals surface area contributed by atoms with Crippen molar-refractivity contribution in [3.05, 3.63) is 0 Å². The van der Waals surface area contributed by atoms with Gasteiger partial charge in [0.1, 0.15) is 0 Å². The molecule has 0 bridgehead atoms. The highest BCUT2D eigenvalue weighted by atomic mass is 16.5. The second-order valence-corrected chi connectivity index (χ2v) is 5.66. The third-order valence-electron chi connectivity index (χ3n) is 4.31. The molecule has 5 nitrogen and oxygen atoms in total. The summed E-state index contributed by atoms with van der Waals surface area (Å²) >= 11 is 0. The predicted molar refractivity (Wildman–Crippen MR) is 68.7 cm³/mol. The first-order valence-electron chi connectivity index (χ1n) is 6.86. The summed E-state index contributed by atoms with van der Waals surface area (Å²) < 4.78 is 5.32. The first-order chi connectivity index (χ1) is 8.60.